The number of rotatable bonds is 5. The Morgan fingerprint density at radius 2 is 2.05 bits per heavy atom. The van der Waals surface area contributed by atoms with Crippen molar-refractivity contribution in [3.05, 3.63) is 35.2 Å². The molecular formula is C15H20ClN3OS. The lowest BCUT2D eigenvalue weighted by molar-refractivity contribution is -0.119. The van der Waals surface area contributed by atoms with Crippen molar-refractivity contribution in [2.45, 2.75) is 20.3 Å². The van der Waals surface area contributed by atoms with Gasteiger partial charge < -0.3 is 11.1 Å². The van der Waals surface area contributed by atoms with Crippen LogP contribution in [0.25, 0.3) is 11.3 Å². The number of thiazole rings is 1. The first-order valence-electron chi connectivity index (χ1n) is 6.69. The zero-order chi connectivity index (χ0) is 14.5. The fraction of sp³-hybridized carbons (Fsp3) is 0.333. The van der Waals surface area contributed by atoms with Gasteiger partial charge in [-0.1, -0.05) is 38.1 Å². The number of nitrogens with zero attached hydrogens (tertiary/aromatic N) is 1. The SMILES string of the molecule is CCc1ccc(-c2csc(NC(=O)C(C)CN)n2)cc1.Cl. The topological polar surface area (TPSA) is 68.0 Å². The van der Waals surface area contributed by atoms with Gasteiger partial charge in [0, 0.05) is 23.4 Å². The summed E-state index contributed by atoms with van der Waals surface area (Å²) in [6.45, 7) is 4.26. The number of carbonyl (C=O) groups excluding carboxylic acids is 1. The first-order valence-corrected chi connectivity index (χ1v) is 7.57. The first kappa shape index (κ1) is 17.6. The molecule has 0 aliphatic rings. The van der Waals surface area contributed by atoms with Crippen LogP contribution in [0.1, 0.15) is 19.4 Å². The molecule has 2 rings (SSSR count). The maximum Gasteiger partial charge on any atom is 0.230 e. The number of hydrogen-bond acceptors (Lipinski definition) is 4. The highest BCUT2D eigenvalue weighted by Crippen LogP contribution is 2.25. The van der Waals surface area contributed by atoms with E-state index in [1.807, 2.05) is 5.38 Å². The van der Waals surface area contributed by atoms with Crippen molar-refractivity contribution in [3.63, 3.8) is 0 Å². The molecule has 1 aromatic heterocycles. The molecule has 0 bridgehead atoms. The summed E-state index contributed by atoms with van der Waals surface area (Å²) in [7, 11) is 0. The van der Waals surface area contributed by atoms with Crippen LogP contribution in [0, 0.1) is 5.92 Å². The third kappa shape index (κ3) is 4.52. The number of aromatic nitrogens is 1. The Bertz CT molecular complexity index is 583. The van der Waals surface area contributed by atoms with Gasteiger partial charge >= 0.3 is 0 Å². The molecule has 1 heterocycles. The maximum absolute atomic E-state index is 11.7. The van der Waals surface area contributed by atoms with Gasteiger partial charge in [0.05, 0.1) is 5.69 Å². The molecule has 2 aromatic rings. The molecule has 0 saturated carbocycles. The second-order valence-corrected chi connectivity index (χ2v) is 5.57. The number of anilines is 1. The predicted octanol–water partition coefficient (Wildman–Crippen LogP) is 3.33. The average molecular weight is 326 g/mol. The van der Waals surface area contributed by atoms with Crippen molar-refractivity contribution in [2.24, 2.45) is 11.7 Å². The van der Waals surface area contributed by atoms with E-state index in [2.05, 4.69) is 41.5 Å². The minimum atomic E-state index is -0.203. The van der Waals surface area contributed by atoms with E-state index in [-0.39, 0.29) is 24.2 Å². The van der Waals surface area contributed by atoms with Gasteiger partial charge in [0.2, 0.25) is 5.91 Å². The van der Waals surface area contributed by atoms with E-state index >= 15 is 0 Å². The Morgan fingerprint density at radius 1 is 1.38 bits per heavy atom. The molecule has 1 aromatic carbocycles. The standard InChI is InChI=1S/C15H19N3OS.ClH/c1-3-11-4-6-12(7-5-11)13-9-20-15(17-13)18-14(19)10(2)8-16;/h4-7,9-10H,3,8,16H2,1-2H3,(H,17,18,19);1H. The Balaban J connectivity index is 0.00000220. The summed E-state index contributed by atoms with van der Waals surface area (Å²) >= 11 is 1.43. The van der Waals surface area contributed by atoms with E-state index in [0.29, 0.717) is 11.7 Å². The van der Waals surface area contributed by atoms with Gasteiger partial charge in [-0.3, -0.25) is 4.79 Å². The van der Waals surface area contributed by atoms with Crippen molar-refractivity contribution in [2.75, 3.05) is 11.9 Å². The molecule has 0 aliphatic carbocycles. The van der Waals surface area contributed by atoms with Gasteiger partial charge in [0.15, 0.2) is 5.13 Å². The van der Waals surface area contributed by atoms with E-state index < -0.39 is 0 Å². The van der Waals surface area contributed by atoms with E-state index in [9.17, 15) is 4.79 Å². The number of hydrogen-bond donors (Lipinski definition) is 2. The summed E-state index contributed by atoms with van der Waals surface area (Å²) in [6.07, 6.45) is 1.02. The highest BCUT2D eigenvalue weighted by molar-refractivity contribution is 7.14. The monoisotopic (exact) mass is 325 g/mol. The third-order valence-electron chi connectivity index (χ3n) is 3.19. The molecule has 0 fully saturated rings. The lowest BCUT2D eigenvalue weighted by Crippen LogP contribution is -2.26. The molecule has 114 valence electrons. The summed E-state index contributed by atoms with van der Waals surface area (Å²) < 4.78 is 0. The zero-order valence-electron chi connectivity index (χ0n) is 12.1. The van der Waals surface area contributed by atoms with Gasteiger partial charge in [-0.25, -0.2) is 4.98 Å². The predicted molar refractivity (Wildman–Crippen MR) is 91.0 cm³/mol. The molecule has 0 radical (unpaired) electrons. The number of benzene rings is 1. The molecule has 1 amide bonds. The fourth-order valence-electron chi connectivity index (χ4n) is 1.71. The van der Waals surface area contributed by atoms with Crippen LogP contribution in [0.3, 0.4) is 0 Å². The van der Waals surface area contributed by atoms with Crippen molar-refractivity contribution in [1.29, 1.82) is 0 Å². The van der Waals surface area contributed by atoms with Crippen LogP contribution in [-0.2, 0) is 11.2 Å². The lowest BCUT2D eigenvalue weighted by Gasteiger charge is -2.06. The first-order chi connectivity index (χ1) is 9.63. The maximum atomic E-state index is 11.7. The second-order valence-electron chi connectivity index (χ2n) is 4.71. The van der Waals surface area contributed by atoms with Gasteiger partial charge in [0.25, 0.3) is 0 Å². The zero-order valence-corrected chi connectivity index (χ0v) is 13.8. The minimum absolute atomic E-state index is 0. The van der Waals surface area contributed by atoms with Crippen LogP contribution in [0.15, 0.2) is 29.6 Å². The highest BCUT2D eigenvalue weighted by atomic mass is 35.5. The summed E-state index contributed by atoms with van der Waals surface area (Å²) in [5, 5.41) is 5.36. The second kappa shape index (κ2) is 8.12. The number of nitrogens with two attached hydrogens (primary N) is 1. The van der Waals surface area contributed by atoms with Crippen LogP contribution in [0.2, 0.25) is 0 Å². The van der Waals surface area contributed by atoms with Crippen LogP contribution >= 0.6 is 23.7 Å². The number of carbonyl (C=O) groups is 1. The molecule has 6 heteroatoms. The molecule has 3 N–H and O–H groups in total. The summed E-state index contributed by atoms with van der Waals surface area (Å²) in [5.41, 5.74) is 8.72. The van der Waals surface area contributed by atoms with E-state index in [1.165, 1.54) is 16.9 Å². The molecule has 1 atom stereocenters. The molecule has 21 heavy (non-hydrogen) atoms. The lowest BCUT2D eigenvalue weighted by atomic mass is 10.1. The number of nitrogens with one attached hydrogen (secondary N) is 1. The molecule has 4 nitrogen and oxygen atoms in total. The summed E-state index contributed by atoms with van der Waals surface area (Å²) in [4.78, 5) is 16.2. The van der Waals surface area contributed by atoms with Crippen molar-refractivity contribution < 1.29 is 4.79 Å². The van der Waals surface area contributed by atoms with E-state index in [1.54, 1.807) is 6.92 Å². The smallest absolute Gasteiger partial charge is 0.230 e. The minimum Gasteiger partial charge on any atom is -0.330 e. The van der Waals surface area contributed by atoms with Crippen molar-refractivity contribution >= 4 is 34.8 Å². The normalized spacial score (nSPS) is 11.6. The van der Waals surface area contributed by atoms with Gasteiger partial charge in [0.1, 0.15) is 0 Å². The van der Waals surface area contributed by atoms with E-state index in [4.69, 9.17) is 5.73 Å². The molecule has 1 unspecified atom stereocenters. The largest absolute Gasteiger partial charge is 0.330 e. The fourth-order valence-corrected chi connectivity index (χ4v) is 2.43. The molecule has 0 spiro atoms. The average Bonchev–Trinajstić information content (AvgIpc) is 2.94. The summed E-state index contributed by atoms with van der Waals surface area (Å²) in [6, 6.07) is 8.32. The van der Waals surface area contributed by atoms with Crippen LogP contribution in [-0.4, -0.2) is 17.4 Å². The number of amides is 1. The number of aryl methyl sites for hydroxylation is 1. The highest BCUT2D eigenvalue weighted by Gasteiger charge is 2.13. The Hall–Kier alpha value is -1.43. The Labute approximate surface area is 135 Å². The molecule has 0 saturated heterocycles. The Kier molecular flexibility index (Phi) is 6.81. The van der Waals surface area contributed by atoms with Gasteiger partial charge in [-0.2, -0.15) is 0 Å². The number of halogens is 1. The third-order valence-corrected chi connectivity index (χ3v) is 3.95. The van der Waals surface area contributed by atoms with Crippen LogP contribution in [0.5, 0.6) is 0 Å². The van der Waals surface area contributed by atoms with Crippen molar-refractivity contribution in [3.8, 4) is 11.3 Å². The molecule has 0 aliphatic heterocycles. The van der Waals surface area contributed by atoms with Gasteiger partial charge in [-0.05, 0) is 12.0 Å². The van der Waals surface area contributed by atoms with Crippen LogP contribution in [0.4, 0.5) is 5.13 Å². The summed E-state index contributed by atoms with van der Waals surface area (Å²) in [5.74, 6) is -0.291. The van der Waals surface area contributed by atoms with E-state index in [0.717, 1.165) is 17.7 Å². The quantitative estimate of drug-likeness (QED) is 0.886. The van der Waals surface area contributed by atoms with Crippen molar-refractivity contribution in [1.82, 2.24) is 4.98 Å². The Morgan fingerprint density at radius 3 is 2.62 bits per heavy atom. The van der Waals surface area contributed by atoms with Crippen LogP contribution < -0.4 is 11.1 Å². The van der Waals surface area contributed by atoms with Gasteiger partial charge in [-0.15, -0.1) is 23.7 Å². The molecular weight excluding hydrogens is 306 g/mol.